The van der Waals surface area contributed by atoms with Crippen LogP contribution in [0.25, 0.3) is 0 Å². The number of rotatable bonds is 7. The predicted octanol–water partition coefficient (Wildman–Crippen LogP) is 5.14. The lowest BCUT2D eigenvalue weighted by atomic mass is 10.0. The fourth-order valence-electron chi connectivity index (χ4n) is 1.91. The Bertz CT molecular complexity index is 417. The van der Waals surface area contributed by atoms with E-state index in [1.807, 2.05) is 18.2 Å². The summed E-state index contributed by atoms with van der Waals surface area (Å²) in [4.78, 5) is 12.2. The second-order valence-electron chi connectivity index (χ2n) is 4.47. The van der Waals surface area contributed by atoms with Gasteiger partial charge in [0.15, 0.2) is 0 Å². The highest BCUT2D eigenvalue weighted by molar-refractivity contribution is 9.11. The molecule has 0 spiro atoms. The van der Waals surface area contributed by atoms with Crippen molar-refractivity contribution in [3.05, 3.63) is 32.7 Å². The van der Waals surface area contributed by atoms with Crippen molar-refractivity contribution in [1.29, 1.82) is 0 Å². The molecule has 0 aromatic heterocycles. The molecule has 1 N–H and O–H groups in total. The van der Waals surface area contributed by atoms with Crippen molar-refractivity contribution >= 4 is 53.7 Å². The number of alkyl halides is 1. The Balaban J connectivity index is 2.61. The van der Waals surface area contributed by atoms with Gasteiger partial charge in [-0.3, -0.25) is 4.79 Å². The lowest BCUT2D eigenvalue weighted by Gasteiger charge is -2.16. The first-order chi connectivity index (χ1) is 9.08. The van der Waals surface area contributed by atoms with Gasteiger partial charge in [0.25, 0.3) is 5.91 Å². The molecule has 0 aliphatic carbocycles. The van der Waals surface area contributed by atoms with Crippen molar-refractivity contribution in [1.82, 2.24) is 5.32 Å². The van der Waals surface area contributed by atoms with Crippen molar-refractivity contribution < 1.29 is 4.79 Å². The second kappa shape index (κ2) is 9.14. The standard InChI is InChI=1S/C14H18Br3NO/c1-2-3-10(6-7-15)9-18-14(19)12-8-11(16)4-5-13(12)17/h4-5,8,10H,2-3,6-7,9H2,1H3,(H,18,19). The van der Waals surface area contributed by atoms with Gasteiger partial charge in [0.05, 0.1) is 5.56 Å². The third kappa shape index (κ3) is 5.96. The maximum absolute atomic E-state index is 12.2. The Labute approximate surface area is 140 Å². The van der Waals surface area contributed by atoms with Crippen molar-refractivity contribution in [2.24, 2.45) is 5.92 Å². The SMILES string of the molecule is CCCC(CCBr)CNC(=O)c1cc(Br)ccc1Br. The van der Waals surface area contributed by atoms with E-state index in [9.17, 15) is 4.79 Å². The Morgan fingerprint density at radius 2 is 2.05 bits per heavy atom. The minimum absolute atomic E-state index is 0.0242. The summed E-state index contributed by atoms with van der Waals surface area (Å²) >= 11 is 10.3. The van der Waals surface area contributed by atoms with Gasteiger partial charge in [0.1, 0.15) is 0 Å². The van der Waals surface area contributed by atoms with Crippen LogP contribution >= 0.6 is 47.8 Å². The van der Waals surface area contributed by atoms with Crippen LogP contribution in [0, 0.1) is 5.92 Å². The van der Waals surface area contributed by atoms with Gasteiger partial charge in [-0.1, -0.05) is 45.2 Å². The van der Waals surface area contributed by atoms with Crippen molar-refractivity contribution in [2.45, 2.75) is 26.2 Å². The molecule has 1 aromatic carbocycles. The minimum atomic E-state index is -0.0242. The topological polar surface area (TPSA) is 29.1 Å². The Morgan fingerprint density at radius 1 is 1.32 bits per heavy atom. The van der Waals surface area contributed by atoms with E-state index in [4.69, 9.17) is 0 Å². The van der Waals surface area contributed by atoms with Gasteiger partial charge in [-0.05, 0) is 52.9 Å². The molecule has 0 bridgehead atoms. The van der Waals surface area contributed by atoms with E-state index in [-0.39, 0.29) is 5.91 Å². The van der Waals surface area contributed by atoms with E-state index in [0.717, 1.165) is 40.1 Å². The molecule has 0 heterocycles. The van der Waals surface area contributed by atoms with E-state index >= 15 is 0 Å². The van der Waals surface area contributed by atoms with Gasteiger partial charge in [-0.2, -0.15) is 0 Å². The van der Waals surface area contributed by atoms with Crippen LogP contribution in [-0.2, 0) is 0 Å². The normalized spacial score (nSPS) is 12.2. The summed E-state index contributed by atoms with van der Waals surface area (Å²) in [6.45, 7) is 2.91. The first-order valence-corrected chi connectivity index (χ1v) is 9.08. The van der Waals surface area contributed by atoms with E-state index in [0.29, 0.717) is 11.5 Å². The minimum Gasteiger partial charge on any atom is -0.352 e. The summed E-state index contributed by atoms with van der Waals surface area (Å²) in [5, 5.41) is 4.01. The molecule has 1 rings (SSSR count). The van der Waals surface area contributed by atoms with Crippen molar-refractivity contribution in [2.75, 3.05) is 11.9 Å². The molecular weight excluding hydrogens is 438 g/mol. The lowest BCUT2D eigenvalue weighted by molar-refractivity contribution is 0.0945. The number of hydrogen-bond donors (Lipinski definition) is 1. The molecule has 1 atom stereocenters. The van der Waals surface area contributed by atoms with E-state index < -0.39 is 0 Å². The molecule has 1 aromatic rings. The second-order valence-corrected chi connectivity index (χ2v) is 7.03. The highest BCUT2D eigenvalue weighted by atomic mass is 79.9. The first-order valence-electron chi connectivity index (χ1n) is 6.37. The zero-order chi connectivity index (χ0) is 14.3. The smallest absolute Gasteiger partial charge is 0.252 e. The molecule has 1 amide bonds. The van der Waals surface area contributed by atoms with Gasteiger partial charge in [0, 0.05) is 20.8 Å². The fourth-order valence-corrected chi connectivity index (χ4v) is 3.35. The number of halogens is 3. The maximum Gasteiger partial charge on any atom is 0.252 e. The molecule has 1 unspecified atom stereocenters. The van der Waals surface area contributed by atoms with Crippen LogP contribution in [0.15, 0.2) is 27.1 Å². The molecule has 0 saturated heterocycles. The zero-order valence-corrected chi connectivity index (χ0v) is 15.6. The average molecular weight is 456 g/mol. The van der Waals surface area contributed by atoms with Crippen molar-refractivity contribution in [3.8, 4) is 0 Å². The number of hydrogen-bond acceptors (Lipinski definition) is 1. The highest BCUT2D eigenvalue weighted by Gasteiger charge is 2.13. The summed E-state index contributed by atoms with van der Waals surface area (Å²) in [7, 11) is 0. The largest absolute Gasteiger partial charge is 0.352 e. The Hall–Kier alpha value is 0.130. The molecule has 0 fully saturated rings. The molecule has 5 heteroatoms. The summed E-state index contributed by atoms with van der Waals surface area (Å²) in [6.07, 6.45) is 3.38. The quantitative estimate of drug-likeness (QED) is 0.566. The van der Waals surface area contributed by atoms with Crippen LogP contribution in [0.3, 0.4) is 0 Å². The molecule has 0 aliphatic rings. The Kier molecular flexibility index (Phi) is 8.26. The van der Waals surface area contributed by atoms with Gasteiger partial charge in [-0.25, -0.2) is 0 Å². The van der Waals surface area contributed by atoms with E-state index in [1.54, 1.807) is 0 Å². The molecule has 0 aliphatic heterocycles. The van der Waals surface area contributed by atoms with Gasteiger partial charge in [0.2, 0.25) is 0 Å². The fraction of sp³-hybridized carbons (Fsp3) is 0.500. The number of carbonyl (C=O) groups excluding carboxylic acids is 1. The first kappa shape index (κ1) is 17.2. The maximum atomic E-state index is 12.2. The van der Waals surface area contributed by atoms with Crippen LogP contribution in [0.5, 0.6) is 0 Å². The van der Waals surface area contributed by atoms with Crippen LogP contribution in [0.1, 0.15) is 36.5 Å². The number of amides is 1. The number of nitrogens with one attached hydrogen (secondary N) is 1. The van der Waals surface area contributed by atoms with E-state index in [2.05, 4.69) is 60.0 Å². The molecule has 106 valence electrons. The van der Waals surface area contributed by atoms with Gasteiger partial charge in [-0.15, -0.1) is 0 Å². The summed E-state index contributed by atoms with van der Waals surface area (Å²) in [5.74, 6) is 0.517. The zero-order valence-electron chi connectivity index (χ0n) is 10.9. The molecular formula is C14H18Br3NO. The van der Waals surface area contributed by atoms with Crippen LogP contribution in [-0.4, -0.2) is 17.8 Å². The van der Waals surface area contributed by atoms with Gasteiger partial charge < -0.3 is 5.32 Å². The molecule has 19 heavy (non-hydrogen) atoms. The van der Waals surface area contributed by atoms with Crippen molar-refractivity contribution in [3.63, 3.8) is 0 Å². The number of benzene rings is 1. The third-order valence-corrected chi connectivity index (χ3v) is 4.58. The van der Waals surface area contributed by atoms with E-state index in [1.165, 1.54) is 0 Å². The lowest BCUT2D eigenvalue weighted by Crippen LogP contribution is -2.29. The monoisotopic (exact) mass is 453 g/mol. The third-order valence-electron chi connectivity index (χ3n) is 2.94. The molecule has 2 nitrogen and oxygen atoms in total. The summed E-state index contributed by atoms with van der Waals surface area (Å²) in [5.41, 5.74) is 0.670. The Morgan fingerprint density at radius 3 is 2.68 bits per heavy atom. The average Bonchev–Trinajstić information content (AvgIpc) is 2.39. The summed E-state index contributed by atoms with van der Waals surface area (Å²) in [6, 6.07) is 5.62. The molecule has 0 saturated carbocycles. The predicted molar refractivity (Wildman–Crippen MR) is 91.0 cm³/mol. The molecule has 0 radical (unpaired) electrons. The van der Waals surface area contributed by atoms with Crippen LogP contribution < -0.4 is 5.32 Å². The van der Waals surface area contributed by atoms with Crippen LogP contribution in [0.2, 0.25) is 0 Å². The number of carbonyl (C=O) groups is 1. The van der Waals surface area contributed by atoms with Gasteiger partial charge >= 0.3 is 0 Å². The highest BCUT2D eigenvalue weighted by Crippen LogP contribution is 2.21. The van der Waals surface area contributed by atoms with Crippen LogP contribution in [0.4, 0.5) is 0 Å². The summed E-state index contributed by atoms with van der Waals surface area (Å²) < 4.78 is 1.73.